The smallest absolute Gasteiger partial charge is 0.162 e. The maximum atomic E-state index is 5.96. The first kappa shape index (κ1) is 12.1. The lowest BCUT2D eigenvalue weighted by Gasteiger charge is -2.26. The molecule has 3 heteroatoms. The summed E-state index contributed by atoms with van der Waals surface area (Å²) in [4.78, 5) is 0. The first-order valence-electron chi connectivity index (χ1n) is 6.48. The van der Waals surface area contributed by atoms with E-state index >= 15 is 0 Å². The van der Waals surface area contributed by atoms with Crippen LogP contribution >= 0.6 is 0 Å². The van der Waals surface area contributed by atoms with Crippen LogP contribution in [0.25, 0.3) is 0 Å². The molecule has 0 saturated heterocycles. The van der Waals surface area contributed by atoms with Crippen LogP contribution in [0.4, 0.5) is 0 Å². The summed E-state index contributed by atoms with van der Waals surface area (Å²) in [7, 11) is 0. The van der Waals surface area contributed by atoms with Gasteiger partial charge in [-0.25, -0.2) is 0 Å². The SMILES string of the molecule is CC(N)c1ccc(C2COc3ccccc3O2)cc1. The van der Waals surface area contributed by atoms with Gasteiger partial charge in [0.05, 0.1) is 0 Å². The van der Waals surface area contributed by atoms with E-state index in [0.717, 1.165) is 22.6 Å². The van der Waals surface area contributed by atoms with Gasteiger partial charge in [0.1, 0.15) is 6.61 Å². The molecule has 0 aliphatic carbocycles. The highest BCUT2D eigenvalue weighted by Gasteiger charge is 2.22. The molecule has 0 bridgehead atoms. The van der Waals surface area contributed by atoms with Crippen molar-refractivity contribution in [2.24, 2.45) is 5.73 Å². The molecule has 0 radical (unpaired) electrons. The fraction of sp³-hybridized carbons (Fsp3) is 0.250. The van der Waals surface area contributed by atoms with Crippen molar-refractivity contribution in [2.45, 2.75) is 19.1 Å². The van der Waals surface area contributed by atoms with Crippen LogP contribution in [0.1, 0.15) is 30.2 Å². The van der Waals surface area contributed by atoms with Gasteiger partial charge in [0, 0.05) is 6.04 Å². The first-order valence-corrected chi connectivity index (χ1v) is 6.48. The van der Waals surface area contributed by atoms with Crippen LogP contribution in [-0.2, 0) is 0 Å². The molecule has 0 fully saturated rings. The zero-order chi connectivity index (χ0) is 13.2. The van der Waals surface area contributed by atoms with Crippen LogP contribution in [0.3, 0.4) is 0 Å². The van der Waals surface area contributed by atoms with Gasteiger partial charge in [0.15, 0.2) is 17.6 Å². The largest absolute Gasteiger partial charge is 0.485 e. The van der Waals surface area contributed by atoms with Crippen molar-refractivity contribution in [3.05, 3.63) is 59.7 Å². The second-order valence-corrected chi connectivity index (χ2v) is 4.82. The second kappa shape index (κ2) is 4.94. The molecule has 2 aromatic carbocycles. The average Bonchev–Trinajstić information content (AvgIpc) is 2.47. The Kier molecular flexibility index (Phi) is 3.13. The molecule has 0 saturated carbocycles. The summed E-state index contributed by atoms with van der Waals surface area (Å²) in [5, 5.41) is 0. The third kappa shape index (κ3) is 2.42. The van der Waals surface area contributed by atoms with E-state index in [9.17, 15) is 0 Å². The van der Waals surface area contributed by atoms with E-state index in [-0.39, 0.29) is 12.1 Å². The highest BCUT2D eigenvalue weighted by Crippen LogP contribution is 2.35. The molecule has 1 heterocycles. The Balaban J connectivity index is 1.81. The Labute approximate surface area is 113 Å². The van der Waals surface area contributed by atoms with Gasteiger partial charge in [-0.1, -0.05) is 36.4 Å². The average molecular weight is 255 g/mol. The van der Waals surface area contributed by atoms with Gasteiger partial charge in [-0.2, -0.15) is 0 Å². The molecule has 2 aromatic rings. The second-order valence-electron chi connectivity index (χ2n) is 4.82. The topological polar surface area (TPSA) is 44.5 Å². The molecule has 0 amide bonds. The van der Waals surface area contributed by atoms with Crippen LogP contribution < -0.4 is 15.2 Å². The number of rotatable bonds is 2. The lowest BCUT2D eigenvalue weighted by molar-refractivity contribution is 0.0913. The van der Waals surface area contributed by atoms with Crippen LogP contribution in [0.15, 0.2) is 48.5 Å². The quantitative estimate of drug-likeness (QED) is 0.896. The molecule has 2 unspecified atom stereocenters. The van der Waals surface area contributed by atoms with Crippen LogP contribution in [0.5, 0.6) is 11.5 Å². The number of fused-ring (bicyclic) bond motifs is 1. The predicted octanol–water partition coefficient (Wildman–Crippen LogP) is 3.22. The number of hydrogen-bond donors (Lipinski definition) is 1. The molecule has 2 atom stereocenters. The van der Waals surface area contributed by atoms with Gasteiger partial charge in [-0.15, -0.1) is 0 Å². The Bertz CT molecular complexity index is 563. The number of nitrogens with two attached hydrogens (primary N) is 1. The summed E-state index contributed by atoms with van der Waals surface area (Å²) in [6, 6.07) is 16.0. The summed E-state index contributed by atoms with van der Waals surface area (Å²) in [5.41, 5.74) is 8.09. The Morgan fingerprint density at radius 3 is 2.42 bits per heavy atom. The van der Waals surface area contributed by atoms with Crippen molar-refractivity contribution in [3.8, 4) is 11.5 Å². The molecule has 1 aliphatic heterocycles. The number of hydrogen-bond acceptors (Lipinski definition) is 3. The van der Waals surface area contributed by atoms with E-state index in [4.69, 9.17) is 15.2 Å². The Hall–Kier alpha value is -2.00. The first-order chi connectivity index (χ1) is 9.24. The monoisotopic (exact) mass is 255 g/mol. The van der Waals surface area contributed by atoms with Crippen LogP contribution in [-0.4, -0.2) is 6.61 Å². The summed E-state index contributed by atoms with van der Waals surface area (Å²) >= 11 is 0. The maximum absolute atomic E-state index is 5.96. The fourth-order valence-corrected chi connectivity index (χ4v) is 2.20. The molecule has 0 aromatic heterocycles. The van der Waals surface area contributed by atoms with E-state index in [1.807, 2.05) is 43.3 Å². The van der Waals surface area contributed by atoms with Crippen molar-refractivity contribution >= 4 is 0 Å². The highest BCUT2D eigenvalue weighted by molar-refractivity contribution is 5.41. The van der Waals surface area contributed by atoms with Gasteiger partial charge in [-0.3, -0.25) is 0 Å². The van der Waals surface area contributed by atoms with Gasteiger partial charge >= 0.3 is 0 Å². The molecule has 0 spiro atoms. The molecule has 1 aliphatic rings. The van der Waals surface area contributed by atoms with Gasteiger partial charge in [0.2, 0.25) is 0 Å². The zero-order valence-corrected chi connectivity index (χ0v) is 10.9. The Morgan fingerprint density at radius 1 is 1.05 bits per heavy atom. The highest BCUT2D eigenvalue weighted by atomic mass is 16.6. The molecule has 3 nitrogen and oxygen atoms in total. The summed E-state index contributed by atoms with van der Waals surface area (Å²) < 4.78 is 11.7. The number of ether oxygens (including phenoxy) is 2. The standard InChI is InChI=1S/C16H17NO2/c1-11(17)12-6-8-13(9-7-12)16-10-18-14-4-2-3-5-15(14)19-16/h2-9,11,16H,10,17H2,1H3. The molecule has 2 N–H and O–H groups in total. The van der Waals surface area contributed by atoms with Crippen LogP contribution in [0, 0.1) is 0 Å². The van der Waals surface area contributed by atoms with Crippen molar-refractivity contribution in [2.75, 3.05) is 6.61 Å². The van der Waals surface area contributed by atoms with Gasteiger partial charge in [0.25, 0.3) is 0 Å². The van der Waals surface area contributed by atoms with E-state index < -0.39 is 0 Å². The normalized spacial score (nSPS) is 18.9. The molecular formula is C16H17NO2. The Morgan fingerprint density at radius 2 is 1.74 bits per heavy atom. The minimum absolute atomic E-state index is 0.0540. The van der Waals surface area contributed by atoms with E-state index in [0.29, 0.717) is 6.61 Å². The summed E-state index contributed by atoms with van der Waals surface area (Å²) in [5.74, 6) is 1.61. The zero-order valence-electron chi connectivity index (χ0n) is 10.9. The molecule has 19 heavy (non-hydrogen) atoms. The number of benzene rings is 2. The van der Waals surface area contributed by atoms with Crippen molar-refractivity contribution in [3.63, 3.8) is 0 Å². The van der Waals surface area contributed by atoms with Gasteiger partial charge in [-0.05, 0) is 30.2 Å². The number of para-hydroxylation sites is 2. The predicted molar refractivity (Wildman–Crippen MR) is 74.4 cm³/mol. The summed E-state index contributed by atoms with van der Waals surface area (Å²) in [6.07, 6.45) is -0.0583. The van der Waals surface area contributed by atoms with Crippen molar-refractivity contribution in [1.82, 2.24) is 0 Å². The fourth-order valence-electron chi connectivity index (χ4n) is 2.20. The molecular weight excluding hydrogens is 238 g/mol. The van der Waals surface area contributed by atoms with Gasteiger partial charge < -0.3 is 15.2 Å². The molecule has 3 rings (SSSR count). The maximum Gasteiger partial charge on any atom is 0.162 e. The molecule has 98 valence electrons. The van der Waals surface area contributed by atoms with Crippen molar-refractivity contribution in [1.29, 1.82) is 0 Å². The lowest BCUT2D eigenvalue weighted by Crippen LogP contribution is -2.21. The van der Waals surface area contributed by atoms with E-state index in [1.54, 1.807) is 0 Å². The summed E-state index contributed by atoms with van der Waals surface area (Å²) in [6.45, 7) is 2.51. The third-order valence-corrected chi connectivity index (χ3v) is 3.34. The minimum Gasteiger partial charge on any atom is -0.485 e. The van der Waals surface area contributed by atoms with E-state index in [1.165, 1.54) is 0 Å². The van der Waals surface area contributed by atoms with Crippen molar-refractivity contribution < 1.29 is 9.47 Å². The lowest BCUT2D eigenvalue weighted by atomic mass is 10.0. The van der Waals surface area contributed by atoms with Crippen LogP contribution in [0.2, 0.25) is 0 Å². The minimum atomic E-state index is -0.0583. The third-order valence-electron chi connectivity index (χ3n) is 3.34. The van der Waals surface area contributed by atoms with E-state index in [2.05, 4.69) is 12.1 Å².